The molecule has 1 aliphatic rings. The normalized spacial score (nSPS) is 20.4. The van der Waals surface area contributed by atoms with Crippen molar-refractivity contribution in [1.29, 1.82) is 0 Å². The molecule has 0 aromatic heterocycles. The van der Waals surface area contributed by atoms with Gasteiger partial charge in [-0.2, -0.15) is 4.31 Å². The number of hydrogen-bond donors (Lipinski definition) is 1. The van der Waals surface area contributed by atoms with Crippen LogP contribution in [0.5, 0.6) is 0 Å². The van der Waals surface area contributed by atoms with Crippen LogP contribution in [0.1, 0.15) is 25.3 Å². The maximum absolute atomic E-state index is 12.7. The molecular formula is C14H21ClN2O2S. The zero-order valence-corrected chi connectivity index (χ0v) is 13.5. The Labute approximate surface area is 126 Å². The second-order valence-corrected chi connectivity index (χ2v) is 7.53. The molecule has 2 rings (SSSR count). The number of sulfonamides is 1. The predicted molar refractivity (Wildman–Crippen MR) is 81.4 cm³/mol. The van der Waals surface area contributed by atoms with E-state index in [9.17, 15) is 8.42 Å². The first-order valence-electron chi connectivity index (χ1n) is 6.92. The molecule has 20 heavy (non-hydrogen) atoms. The van der Waals surface area contributed by atoms with E-state index >= 15 is 0 Å². The molecule has 1 saturated heterocycles. The molecular weight excluding hydrogens is 296 g/mol. The summed E-state index contributed by atoms with van der Waals surface area (Å²) in [5.74, 6) is 0.462. The van der Waals surface area contributed by atoms with E-state index in [4.69, 9.17) is 11.6 Å². The largest absolute Gasteiger partial charge is 0.316 e. The minimum absolute atomic E-state index is 0.226. The van der Waals surface area contributed by atoms with Crippen molar-refractivity contribution < 1.29 is 8.42 Å². The Kier molecular flexibility index (Phi) is 5.07. The van der Waals surface area contributed by atoms with Crippen molar-refractivity contribution >= 4 is 21.6 Å². The van der Waals surface area contributed by atoms with E-state index in [1.165, 1.54) is 0 Å². The first-order chi connectivity index (χ1) is 9.48. The molecule has 1 aliphatic heterocycles. The van der Waals surface area contributed by atoms with Crippen molar-refractivity contribution in [3.05, 3.63) is 28.8 Å². The summed E-state index contributed by atoms with van der Waals surface area (Å²) in [4.78, 5) is 0.226. The van der Waals surface area contributed by atoms with Gasteiger partial charge in [-0.15, -0.1) is 0 Å². The third-order valence-electron chi connectivity index (χ3n) is 3.82. The third-order valence-corrected chi connectivity index (χ3v) is 6.17. The Bertz CT molecular complexity index is 575. The van der Waals surface area contributed by atoms with Crippen LogP contribution in [0, 0.1) is 5.92 Å². The second kappa shape index (κ2) is 6.43. The number of rotatable bonds is 5. The Morgan fingerprint density at radius 1 is 1.45 bits per heavy atom. The number of halogens is 1. The maximum Gasteiger partial charge on any atom is 0.244 e. The topological polar surface area (TPSA) is 49.4 Å². The molecule has 1 N–H and O–H groups in total. The SMILES string of the molecule is CCC1CCN(S(=O)(=O)c2cc(CNC)ccc2Cl)C1. The van der Waals surface area contributed by atoms with Gasteiger partial charge in [0.05, 0.1) is 5.02 Å². The van der Waals surface area contributed by atoms with Gasteiger partial charge in [-0.05, 0) is 37.1 Å². The van der Waals surface area contributed by atoms with Gasteiger partial charge >= 0.3 is 0 Å². The summed E-state index contributed by atoms with van der Waals surface area (Å²) < 4.78 is 26.9. The number of hydrogen-bond acceptors (Lipinski definition) is 3. The van der Waals surface area contributed by atoms with E-state index in [2.05, 4.69) is 12.2 Å². The Morgan fingerprint density at radius 3 is 2.80 bits per heavy atom. The molecule has 0 saturated carbocycles. The molecule has 0 bridgehead atoms. The van der Waals surface area contributed by atoms with E-state index in [-0.39, 0.29) is 4.90 Å². The summed E-state index contributed by atoms with van der Waals surface area (Å²) in [5, 5.41) is 3.31. The van der Waals surface area contributed by atoms with E-state index in [0.717, 1.165) is 18.4 Å². The fraction of sp³-hybridized carbons (Fsp3) is 0.571. The van der Waals surface area contributed by atoms with Crippen LogP contribution in [0.3, 0.4) is 0 Å². The van der Waals surface area contributed by atoms with E-state index in [0.29, 0.717) is 30.6 Å². The van der Waals surface area contributed by atoms with Crippen LogP contribution in [0.4, 0.5) is 0 Å². The van der Waals surface area contributed by atoms with Gasteiger partial charge in [0.2, 0.25) is 10.0 Å². The van der Waals surface area contributed by atoms with Crippen LogP contribution in [0.2, 0.25) is 5.02 Å². The van der Waals surface area contributed by atoms with Gasteiger partial charge in [0.25, 0.3) is 0 Å². The monoisotopic (exact) mass is 316 g/mol. The van der Waals surface area contributed by atoms with Crippen LogP contribution in [-0.2, 0) is 16.6 Å². The van der Waals surface area contributed by atoms with Crippen LogP contribution in [-0.4, -0.2) is 32.9 Å². The van der Waals surface area contributed by atoms with E-state index in [1.807, 2.05) is 13.1 Å². The number of nitrogens with zero attached hydrogens (tertiary/aromatic N) is 1. The van der Waals surface area contributed by atoms with Gasteiger partial charge < -0.3 is 5.32 Å². The Hall–Kier alpha value is -0.620. The van der Waals surface area contributed by atoms with Gasteiger partial charge in [-0.3, -0.25) is 0 Å². The standard InChI is InChI=1S/C14H21ClN2O2S/c1-3-11-6-7-17(10-11)20(18,19)14-8-12(9-16-2)4-5-13(14)15/h4-5,8,11,16H,3,6-7,9-10H2,1-2H3. The summed E-state index contributed by atoms with van der Waals surface area (Å²) in [7, 11) is -1.65. The number of benzene rings is 1. The van der Waals surface area contributed by atoms with Crippen molar-refractivity contribution in [3.8, 4) is 0 Å². The molecule has 0 aliphatic carbocycles. The lowest BCUT2D eigenvalue weighted by molar-refractivity contribution is 0.453. The van der Waals surface area contributed by atoms with Crippen molar-refractivity contribution in [3.63, 3.8) is 0 Å². The third kappa shape index (κ3) is 3.17. The highest BCUT2D eigenvalue weighted by atomic mass is 35.5. The lowest BCUT2D eigenvalue weighted by Gasteiger charge is -2.18. The first-order valence-corrected chi connectivity index (χ1v) is 8.74. The molecule has 6 heteroatoms. The lowest BCUT2D eigenvalue weighted by atomic mass is 10.1. The Balaban J connectivity index is 2.32. The zero-order valence-electron chi connectivity index (χ0n) is 11.9. The van der Waals surface area contributed by atoms with Gasteiger partial charge in [0.15, 0.2) is 0 Å². The highest BCUT2D eigenvalue weighted by Crippen LogP contribution is 2.30. The van der Waals surface area contributed by atoms with Crippen molar-refractivity contribution in [2.24, 2.45) is 5.92 Å². The summed E-state index contributed by atoms with van der Waals surface area (Å²) in [5.41, 5.74) is 0.918. The van der Waals surface area contributed by atoms with Gasteiger partial charge in [-0.25, -0.2) is 8.42 Å². The quantitative estimate of drug-likeness (QED) is 0.908. The molecule has 112 valence electrons. The average molecular weight is 317 g/mol. The minimum Gasteiger partial charge on any atom is -0.316 e. The van der Waals surface area contributed by atoms with Crippen LogP contribution in [0.25, 0.3) is 0 Å². The highest BCUT2D eigenvalue weighted by molar-refractivity contribution is 7.89. The van der Waals surface area contributed by atoms with Crippen molar-refractivity contribution in [2.45, 2.75) is 31.2 Å². The Morgan fingerprint density at radius 2 is 2.20 bits per heavy atom. The molecule has 1 aromatic rings. The van der Waals surface area contributed by atoms with Crippen molar-refractivity contribution in [2.75, 3.05) is 20.1 Å². The molecule has 1 aromatic carbocycles. The molecule has 1 unspecified atom stereocenters. The summed E-state index contributed by atoms with van der Waals surface area (Å²) in [6.45, 7) is 3.91. The second-order valence-electron chi connectivity index (χ2n) is 5.22. The molecule has 4 nitrogen and oxygen atoms in total. The fourth-order valence-corrected chi connectivity index (χ4v) is 4.60. The molecule has 1 fully saturated rings. The smallest absolute Gasteiger partial charge is 0.244 e. The first kappa shape index (κ1) is 15.8. The predicted octanol–water partition coefficient (Wildman–Crippen LogP) is 2.48. The van der Waals surface area contributed by atoms with Crippen LogP contribution in [0.15, 0.2) is 23.1 Å². The molecule has 1 atom stereocenters. The van der Waals surface area contributed by atoms with Gasteiger partial charge in [0.1, 0.15) is 4.90 Å². The van der Waals surface area contributed by atoms with E-state index < -0.39 is 10.0 Å². The minimum atomic E-state index is -3.48. The summed E-state index contributed by atoms with van der Waals surface area (Å²) >= 11 is 6.10. The highest BCUT2D eigenvalue weighted by Gasteiger charge is 2.33. The molecule has 0 amide bonds. The van der Waals surface area contributed by atoms with Crippen molar-refractivity contribution in [1.82, 2.24) is 9.62 Å². The van der Waals surface area contributed by atoms with E-state index in [1.54, 1.807) is 16.4 Å². The van der Waals surface area contributed by atoms with Crippen LogP contribution < -0.4 is 5.32 Å². The van der Waals surface area contributed by atoms with Crippen LogP contribution >= 0.6 is 11.6 Å². The molecule has 1 heterocycles. The number of nitrogens with one attached hydrogen (secondary N) is 1. The fourth-order valence-electron chi connectivity index (χ4n) is 2.55. The molecule has 0 radical (unpaired) electrons. The summed E-state index contributed by atoms with van der Waals surface area (Å²) in [6, 6.07) is 5.18. The summed E-state index contributed by atoms with van der Waals surface area (Å²) in [6.07, 6.45) is 1.95. The van der Waals surface area contributed by atoms with Gasteiger partial charge in [0, 0.05) is 19.6 Å². The average Bonchev–Trinajstić information content (AvgIpc) is 2.90. The zero-order chi connectivity index (χ0) is 14.8. The molecule has 0 spiro atoms. The lowest BCUT2D eigenvalue weighted by Crippen LogP contribution is -2.29. The maximum atomic E-state index is 12.7. The van der Waals surface area contributed by atoms with Gasteiger partial charge in [-0.1, -0.05) is 31.0 Å².